The van der Waals surface area contributed by atoms with Crippen LogP contribution in [-0.4, -0.2) is 0 Å². The minimum absolute atomic E-state index is 0.795. The SMILES string of the molecule is C1CCCC2(C3CCCC4CCCC3CCC4)CCC(CC1)C2. The predicted molar refractivity (Wildman–Crippen MR) is 99.5 cm³/mol. The van der Waals surface area contributed by atoms with Gasteiger partial charge in [0.2, 0.25) is 0 Å². The highest BCUT2D eigenvalue weighted by atomic mass is 14.5. The summed E-state index contributed by atoms with van der Waals surface area (Å²) in [6.45, 7) is 0. The maximum absolute atomic E-state index is 1.64. The summed E-state index contributed by atoms with van der Waals surface area (Å²) in [4.78, 5) is 0. The highest BCUT2D eigenvalue weighted by Crippen LogP contribution is 2.58. The largest absolute Gasteiger partial charge is 0.0533 e. The quantitative estimate of drug-likeness (QED) is 0.469. The van der Waals surface area contributed by atoms with Crippen LogP contribution in [0, 0.1) is 29.1 Å². The Morgan fingerprint density at radius 1 is 0.478 bits per heavy atom. The highest BCUT2D eigenvalue weighted by Gasteiger charge is 2.47. The molecule has 5 aliphatic carbocycles. The maximum Gasteiger partial charge on any atom is -0.0264 e. The molecule has 0 heterocycles. The minimum atomic E-state index is 0.795. The van der Waals surface area contributed by atoms with Gasteiger partial charge in [0, 0.05) is 0 Å². The predicted octanol–water partition coefficient (Wildman–Crippen LogP) is 7.51. The van der Waals surface area contributed by atoms with E-state index >= 15 is 0 Å². The van der Waals surface area contributed by atoms with E-state index in [1.165, 1.54) is 19.3 Å². The number of hydrogen-bond donors (Lipinski definition) is 0. The summed E-state index contributed by atoms with van der Waals surface area (Å²) in [5.41, 5.74) is 0.795. The third kappa shape index (κ3) is 3.67. The summed E-state index contributed by atoms with van der Waals surface area (Å²) in [6, 6.07) is 0. The molecular formula is C23H40. The van der Waals surface area contributed by atoms with Crippen molar-refractivity contribution in [2.24, 2.45) is 29.1 Å². The summed E-state index contributed by atoms with van der Waals surface area (Å²) in [5, 5.41) is 0. The van der Waals surface area contributed by atoms with Crippen molar-refractivity contribution >= 4 is 0 Å². The van der Waals surface area contributed by atoms with E-state index in [4.69, 9.17) is 0 Å². The van der Waals surface area contributed by atoms with Gasteiger partial charge in [-0.2, -0.15) is 0 Å². The summed E-state index contributed by atoms with van der Waals surface area (Å²) in [5.74, 6) is 4.43. The second-order valence-electron chi connectivity index (χ2n) is 9.95. The van der Waals surface area contributed by atoms with Crippen molar-refractivity contribution in [2.45, 2.75) is 116 Å². The van der Waals surface area contributed by atoms with Gasteiger partial charge in [-0.1, -0.05) is 83.5 Å². The van der Waals surface area contributed by atoms with Crippen LogP contribution in [-0.2, 0) is 0 Å². The Balaban J connectivity index is 1.57. The molecule has 132 valence electrons. The lowest BCUT2D eigenvalue weighted by Gasteiger charge is -2.43. The molecule has 5 aliphatic rings. The van der Waals surface area contributed by atoms with E-state index in [1.807, 2.05) is 0 Å². The second kappa shape index (κ2) is 7.49. The average molecular weight is 317 g/mol. The first-order valence-electron chi connectivity index (χ1n) is 11.4. The molecule has 0 radical (unpaired) electrons. The van der Waals surface area contributed by atoms with Crippen LogP contribution < -0.4 is 0 Å². The fourth-order valence-electron chi connectivity index (χ4n) is 7.52. The standard InChI is InChI=1S/C23H40/c1-2-4-16-23(17-15-20(18-23)8-3-1)22-14-7-11-19-9-5-12-21(22)13-6-10-19/h19-22H,1-18H2. The van der Waals surface area contributed by atoms with Crippen LogP contribution in [0.15, 0.2) is 0 Å². The average Bonchev–Trinajstić information content (AvgIpc) is 3.03. The number of hydrogen-bond acceptors (Lipinski definition) is 0. The Hall–Kier alpha value is 0. The fraction of sp³-hybridized carbons (Fsp3) is 1.00. The lowest BCUT2D eigenvalue weighted by Crippen LogP contribution is -2.34. The van der Waals surface area contributed by atoms with Crippen molar-refractivity contribution in [1.82, 2.24) is 0 Å². The zero-order valence-electron chi connectivity index (χ0n) is 15.5. The van der Waals surface area contributed by atoms with Crippen molar-refractivity contribution in [2.75, 3.05) is 0 Å². The van der Waals surface area contributed by atoms with Crippen LogP contribution in [0.2, 0.25) is 0 Å². The fourth-order valence-corrected chi connectivity index (χ4v) is 7.52. The Bertz CT molecular complexity index is 362. The minimum Gasteiger partial charge on any atom is -0.0533 e. The molecule has 5 fully saturated rings. The van der Waals surface area contributed by atoms with Crippen molar-refractivity contribution in [3.63, 3.8) is 0 Å². The molecule has 0 saturated heterocycles. The Morgan fingerprint density at radius 2 is 1.17 bits per heavy atom. The summed E-state index contributed by atoms with van der Waals surface area (Å²) in [7, 11) is 0. The lowest BCUT2D eigenvalue weighted by atomic mass is 9.62. The van der Waals surface area contributed by atoms with Gasteiger partial charge in [-0.25, -0.2) is 0 Å². The first kappa shape index (κ1) is 16.5. The van der Waals surface area contributed by atoms with Gasteiger partial charge in [-0.15, -0.1) is 0 Å². The molecule has 0 aromatic rings. The van der Waals surface area contributed by atoms with Gasteiger partial charge in [0.25, 0.3) is 0 Å². The zero-order valence-corrected chi connectivity index (χ0v) is 15.5. The van der Waals surface area contributed by atoms with Gasteiger partial charge >= 0.3 is 0 Å². The third-order valence-electron chi connectivity index (χ3n) is 8.64. The van der Waals surface area contributed by atoms with Crippen LogP contribution >= 0.6 is 0 Å². The van der Waals surface area contributed by atoms with E-state index in [9.17, 15) is 0 Å². The molecule has 0 aromatic heterocycles. The molecule has 0 heteroatoms. The van der Waals surface area contributed by atoms with E-state index in [-0.39, 0.29) is 0 Å². The highest BCUT2D eigenvalue weighted by molar-refractivity contribution is 4.97. The van der Waals surface area contributed by atoms with E-state index in [1.54, 1.807) is 96.3 Å². The smallest absolute Gasteiger partial charge is 0.0264 e. The number of rotatable bonds is 1. The van der Waals surface area contributed by atoms with Crippen LogP contribution in [0.5, 0.6) is 0 Å². The molecule has 0 N–H and O–H groups in total. The maximum atomic E-state index is 1.64. The molecule has 23 heavy (non-hydrogen) atoms. The Morgan fingerprint density at radius 3 is 2.00 bits per heavy atom. The van der Waals surface area contributed by atoms with E-state index in [0.717, 1.165) is 29.1 Å². The van der Waals surface area contributed by atoms with E-state index in [2.05, 4.69) is 0 Å². The van der Waals surface area contributed by atoms with E-state index in [0.29, 0.717) is 0 Å². The van der Waals surface area contributed by atoms with Crippen molar-refractivity contribution in [1.29, 1.82) is 0 Å². The molecule has 3 atom stereocenters. The molecule has 4 bridgehead atoms. The number of fused-ring (bicyclic) bond motifs is 10. The second-order valence-corrected chi connectivity index (χ2v) is 9.95. The van der Waals surface area contributed by atoms with Crippen LogP contribution in [0.4, 0.5) is 0 Å². The first-order valence-corrected chi connectivity index (χ1v) is 11.4. The van der Waals surface area contributed by atoms with Crippen molar-refractivity contribution < 1.29 is 0 Å². The van der Waals surface area contributed by atoms with Gasteiger partial charge in [0.15, 0.2) is 0 Å². The molecule has 0 aromatic carbocycles. The van der Waals surface area contributed by atoms with Crippen LogP contribution in [0.25, 0.3) is 0 Å². The van der Waals surface area contributed by atoms with Gasteiger partial charge in [-0.05, 0) is 61.2 Å². The van der Waals surface area contributed by atoms with Gasteiger partial charge < -0.3 is 0 Å². The molecule has 0 spiro atoms. The van der Waals surface area contributed by atoms with Gasteiger partial charge in [0.05, 0.1) is 0 Å². The van der Waals surface area contributed by atoms with E-state index < -0.39 is 0 Å². The summed E-state index contributed by atoms with van der Waals surface area (Å²) >= 11 is 0. The van der Waals surface area contributed by atoms with Gasteiger partial charge in [0.1, 0.15) is 0 Å². The topological polar surface area (TPSA) is 0 Å². The molecular weight excluding hydrogens is 276 g/mol. The first-order chi connectivity index (χ1) is 11.4. The lowest BCUT2D eigenvalue weighted by molar-refractivity contribution is 0.0658. The molecule has 0 aliphatic heterocycles. The zero-order chi connectivity index (χ0) is 15.5. The summed E-state index contributed by atoms with van der Waals surface area (Å²) in [6.07, 6.45) is 28.4. The van der Waals surface area contributed by atoms with Crippen molar-refractivity contribution in [3.8, 4) is 0 Å². The molecule has 0 nitrogen and oxygen atoms in total. The van der Waals surface area contributed by atoms with Crippen LogP contribution in [0.1, 0.15) is 116 Å². The molecule has 0 amide bonds. The van der Waals surface area contributed by atoms with Crippen molar-refractivity contribution in [3.05, 3.63) is 0 Å². The third-order valence-corrected chi connectivity index (χ3v) is 8.64. The molecule has 3 unspecified atom stereocenters. The summed E-state index contributed by atoms with van der Waals surface area (Å²) < 4.78 is 0. The molecule has 5 rings (SSSR count). The van der Waals surface area contributed by atoms with Crippen LogP contribution in [0.3, 0.4) is 0 Å². The normalized spacial score (nSPS) is 45.9. The Labute approximate surface area is 145 Å². The monoisotopic (exact) mass is 316 g/mol. The van der Waals surface area contributed by atoms with Gasteiger partial charge in [-0.3, -0.25) is 0 Å². The molecule has 5 saturated carbocycles. The Kier molecular flexibility index (Phi) is 5.36.